The third-order valence-corrected chi connectivity index (χ3v) is 4.74. The van der Waals surface area contributed by atoms with Crippen molar-refractivity contribution < 1.29 is 4.79 Å². The van der Waals surface area contributed by atoms with Crippen LogP contribution in [0.1, 0.15) is 39.8 Å². The fraction of sp³-hybridized carbons (Fsp3) is 0.217. The molecule has 0 aliphatic carbocycles. The summed E-state index contributed by atoms with van der Waals surface area (Å²) in [5.41, 5.74) is 4.58. The van der Waals surface area contributed by atoms with Crippen molar-refractivity contribution in [3.63, 3.8) is 0 Å². The normalized spacial score (nSPS) is 10.6. The number of amides is 1. The predicted molar refractivity (Wildman–Crippen MR) is 109 cm³/mol. The van der Waals surface area contributed by atoms with Crippen molar-refractivity contribution in [1.29, 1.82) is 0 Å². The summed E-state index contributed by atoms with van der Waals surface area (Å²) < 4.78 is 2.06. The maximum absolute atomic E-state index is 12.8. The minimum Gasteiger partial charge on any atom is -0.343 e. The molecule has 3 aromatic rings. The van der Waals surface area contributed by atoms with Gasteiger partial charge in [-0.1, -0.05) is 55.0 Å². The number of carbonyl (C=O) groups excluding carboxylic acids is 1. The van der Waals surface area contributed by atoms with Gasteiger partial charge in [-0.25, -0.2) is 0 Å². The molecule has 4 nitrogen and oxygen atoms in total. The molecule has 0 fully saturated rings. The number of anilines is 1. The van der Waals surface area contributed by atoms with Crippen LogP contribution < -0.4 is 10.7 Å². The molecule has 1 N–H and O–H groups in total. The van der Waals surface area contributed by atoms with Crippen LogP contribution in [0, 0.1) is 13.8 Å². The van der Waals surface area contributed by atoms with Crippen molar-refractivity contribution in [2.24, 2.45) is 0 Å². The Morgan fingerprint density at radius 1 is 1.00 bits per heavy atom. The lowest BCUT2D eigenvalue weighted by molar-refractivity contribution is 0.102. The fourth-order valence-corrected chi connectivity index (χ4v) is 3.21. The van der Waals surface area contributed by atoms with Crippen LogP contribution in [0.2, 0.25) is 0 Å². The van der Waals surface area contributed by atoms with Gasteiger partial charge >= 0.3 is 0 Å². The van der Waals surface area contributed by atoms with E-state index in [0.29, 0.717) is 17.9 Å². The molecule has 0 atom stereocenters. The van der Waals surface area contributed by atoms with Crippen molar-refractivity contribution in [2.45, 2.75) is 33.7 Å². The first-order valence-electron chi connectivity index (χ1n) is 9.15. The van der Waals surface area contributed by atoms with E-state index in [-0.39, 0.29) is 16.9 Å². The summed E-state index contributed by atoms with van der Waals surface area (Å²) in [7, 11) is 0. The second kappa shape index (κ2) is 8.04. The lowest BCUT2D eigenvalue weighted by Gasteiger charge is -2.19. The van der Waals surface area contributed by atoms with Gasteiger partial charge in [0, 0.05) is 29.7 Å². The van der Waals surface area contributed by atoms with Crippen LogP contribution in [0.3, 0.4) is 0 Å². The minimum atomic E-state index is -0.371. The molecule has 0 unspecified atom stereocenters. The highest BCUT2D eigenvalue weighted by Crippen LogP contribution is 2.15. The molecule has 0 aliphatic heterocycles. The number of nitrogens with zero attached hydrogens (tertiary/aromatic N) is 1. The number of benzene rings is 2. The van der Waals surface area contributed by atoms with E-state index in [1.165, 1.54) is 5.56 Å². The highest BCUT2D eigenvalue weighted by Gasteiger charge is 2.18. The Morgan fingerprint density at radius 3 is 2.30 bits per heavy atom. The topological polar surface area (TPSA) is 51.1 Å². The van der Waals surface area contributed by atoms with Gasteiger partial charge in [-0.2, -0.15) is 0 Å². The van der Waals surface area contributed by atoms with Crippen LogP contribution in [-0.2, 0) is 13.0 Å². The molecule has 1 heterocycles. The SMILES string of the molecule is CCc1cc(=O)c(C(=O)Nc2ccccc2)c(C)n1Cc1ccc(C)cc1. The smallest absolute Gasteiger partial charge is 0.261 e. The van der Waals surface area contributed by atoms with E-state index in [9.17, 15) is 9.59 Å². The number of aromatic nitrogens is 1. The second-order valence-electron chi connectivity index (χ2n) is 6.71. The molecule has 0 saturated heterocycles. The number of hydrogen-bond acceptors (Lipinski definition) is 2. The van der Waals surface area contributed by atoms with E-state index >= 15 is 0 Å². The number of aryl methyl sites for hydroxylation is 2. The Kier molecular flexibility index (Phi) is 5.55. The van der Waals surface area contributed by atoms with Gasteiger partial charge in [0.05, 0.1) is 0 Å². The van der Waals surface area contributed by atoms with E-state index in [1.807, 2.05) is 32.0 Å². The molecule has 4 heteroatoms. The van der Waals surface area contributed by atoms with E-state index < -0.39 is 0 Å². The van der Waals surface area contributed by atoms with E-state index in [4.69, 9.17) is 0 Å². The van der Waals surface area contributed by atoms with Gasteiger partial charge in [0.1, 0.15) is 5.56 Å². The molecular weight excluding hydrogens is 336 g/mol. The third-order valence-electron chi connectivity index (χ3n) is 4.74. The zero-order valence-corrected chi connectivity index (χ0v) is 16.0. The van der Waals surface area contributed by atoms with Gasteiger partial charge in [-0.3, -0.25) is 9.59 Å². The van der Waals surface area contributed by atoms with E-state index in [0.717, 1.165) is 17.7 Å². The average molecular weight is 360 g/mol. The Morgan fingerprint density at radius 2 is 1.67 bits per heavy atom. The molecular formula is C23H24N2O2. The van der Waals surface area contributed by atoms with Gasteiger partial charge < -0.3 is 9.88 Å². The molecule has 27 heavy (non-hydrogen) atoms. The van der Waals surface area contributed by atoms with Crippen LogP contribution in [0.4, 0.5) is 5.69 Å². The zero-order valence-electron chi connectivity index (χ0n) is 16.0. The molecule has 0 spiro atoms. The fourth-order valence-electron chi connectivity index (χ4n) is 3.21. The Hall–Kier alpha value is -3.14. The minimum absolute atomic E-state index is 0.197. The monoisotopic (exact) mass is 360 g/mol. The maximum Gasteiger partial charge on any atom is 0.261 e. The largest absolute Gasteiger partial charge is 0.343 e. The Labute approximate surface area is 159 Å². The van der Waals surface area contributed by atoms with Crippen molar-refractivity contribution in [1.82, 2.24) is 4.57 Å². The molecule has 2 aromatic carbocycles. The summed E-state index contributed by atoms with van der Waals surface area (Å²) >= 11 is 0. The highest BCUT2D eigenvalue weighted by atomic mass is 16.2. The summed E-state index contributed by atoms with van der Waals surface area (Å²) in [5, 5.41) is 2.82. The maximum atomic E-state index is 12.8. The van der Waals surface area contributed by atoms with Gasteiger partial charge in [-0.05, 0) is 38.0 Å². The molecule has 3 rings (SSSR count). The van der Waals surface area contributed by atoms with Gasteiger partial charge in [0.15, 0.2) is 5.43 Å². The van der Waals surface area contributed by atoms with Crippen molar-refractivity contribution in [2.75, 3.05) is 5.32 Å². The predicted octanol–water partition coefficient (Wildman–Crippen LogP) is 4.33. The number of carbonyl (C=O) groups is 1. The Bertz CT molecular complexity index is 1000. The summed E-state index contributed by atoms with van der Waals surface area (Å²) in [6.45, 7) is 6.54. The third kappa shape index (κ3) is 4.17. The molecule has 0 saturated carbocycles. The number of pyridine rings is 1. The molecule has 0 aliphatic rings. The van der Waals surface area contributed by atoms with Gasteiger partial charge in [-0.15, -0.1) is 0 Å². The lowest BCUT2D eigenvalue weighted by Crippen LogP contribution is -2.27. The van der Waals surface area contributed by atoms with Gasteiger partial charge in [0.25, 0.3) is 5.91 Å². The van der Waals surface area contributed by atoms with Crippen LogP contribution >= 0.6 is 0 Å². The van der Waals surface area contributed by atoms with Crippen LogP contribution in [0.25, 0.3) is 0 Å². The average Bonchev–Trinajstić information content (AvgIpc) is 2.66. The summed E-state index contributed by atoms with van der Waals surface area (Å²) in [6, 6.07) is 19.1. The number of nitrogens with one attached hydrogen (secondary N) is 1. The lowest BCUT2D eigenvalue weighted by atomic mass is 10.1. The van der Waals surface area contributed by atoms with Crippen LogP contribution in [0.5, 0.6) is 0 Å². The number of rotatable bonds is 5. The second-order valence-corrected chi connectivity index (χ2v) is 6.71. The van der Waals surface area contributed by atoms with Crippen molar-refractivity contribution in [3.8, 4) is 0 Å². The van der Waals surface area contributed by atoms with Crippen LogP contribution in [0.15, 0.2) is 65.5 Å². The number of para-hydroxylation sites is 1. The summed E-state index contributed by atoms with van der Waals surface area (Å²) in [5.74, 6) is -0.371. The molecule has 0 bridgehead atoms. The van der Waals surface area contributed by atoms with E-state index in [2.05, 4.69) is 41.1 Å². The van der Waals surface area contributed by atoms with Gasteiger partial charge in [0.2, 0.25) is 0 Å². The molecule has 1 amide bonds. The highest BCUT2D eigenvalue weighted by molar-refractivity contribution is 6.04. The number of hydrogen-bond donors (Lipinski definition) is 1. The quantitative estimate of drug-likeness (QED) is 0.736. The first-order chi connectivity index (χ1) is 13.0. The zero-order chi connectivity index (χ0) is 19.4. The van der Waals surface area contributed by atoms with Crippen molar-refractivity contribution >= 4 is 11.6 Å². The first-order valence-corrected chi connectivity index (χ1v) is 9.15. The van der Waals surface area contributed by atoms with Crippen molar-refractivity contribution in [3.05, 3.63) is 99.0 Å². The Balaban J connectivity index is 2.00. The molecule has 138 valence electrons. The van der Waals surface area contributed by atoms with Crippen LogP contribution in [-0.4, -0.2) is 10.5 Å². The summed E-state index contributed by atoms with van der Waals surface area (Å²) in [6.07, 6.45) is 0.725. The standard InChI is InChI=1S/C23H24N2O2/c1-4-20-14-21(26)22(23(27)24-19-8-6-5-7-9-19)17(3)25(20)15-18-12-10-16(2)11-13-18/h5-14H,4,15H2,1-3H3,(H,24,27). The molecule has 1 aromatic heterocycles. The van der Waals surface area contributed by atoms with E-state index in [1.54, 1.807) is 18.2 Å². The summed E-state index contributed by atoms with van der Waals surface area (Å²) in [4.78, 5) is 25.4. The first kappa shape index (κ1) is 18.6. The molecule has 0 radical (unpaired) electrons.